The average molecular weight is 243 g/mol. The van der Waals surface area contributed by atoms with E-state index < -0.39 is 36.0 Å². The molecule has 1 aromatic carbocycles. The van der Waals surface area contributed by atoms with Crippen LogP contribution < -0.4 is 5.32 Å². The van der Waals surface area contributed by atoms with Crippen LogP contribution in [0.25, 0.3) is 0 Å². The third-order valence-corrected chi connectivity index (χ3v) is 2.04. The Kier molecular flexibility index (Phi) is 4.14. The summed E-state index contributed by atoms with van der Waals surface area (Å²) in [5, 5.41) is 11.0. The number of nitrogens with one attached hydrogen (secondary N) is 1. The summed E-state index contributed by atoms with van der Waals surface area (Å²) in [6, 6.07) is 1.71. The summed E-state index contributed by atoms with van der Waals surface area (Å²) in [5.41, 5.74) is 0.0834. The smallest absolute Gasteiger partial charge is 0.305 e. The number of halogens is 2. The summed E-state index contributed by atoms with van der Waals surface area (Å²) < 4.78 is 25.9. The highest BCUT2D eigenvalue weighted by molar-refractivity contribution is 5.75. The van der Waals surface area contributed by atoms with E-state index in [1.54, 1.807) is 0 Å². The molecular weight excluding hydrogens is 232 g/mol. The first kappa shape index (κ1) is 13.1. The van der Waals surface area contributed by atoms with Gasteiger partial charge in [-0.15, -0.1) is 0 Å². The zero-order valence-electron chi connectivity index (χ0n) is 9.04. The summed E-state index contributed by atoms with van der Waals surface area (Å²) in [6.07, 6.45) is -0.442. The number of carboxylic acids is 1. The molecule has 0 radical (unpaired) electrons. The lowest BCUT2D eigenvalue weighted by atomic mass is 10.0. The van der Waals surface area contributed by atoms with Gasteiger partial charge in [-0.2, -0.15) is 0 Å². The van der Waals surface area contributed by atoms with E-state index in [2.05, 4.69) is 5.32 Å². The van der Waals surface area contributed by atoms with E-state index in [-0.39, 0.29) is 5.56 Å². The molecule has 0 aliphatic rings. The average Bonchev–Trinajstić information content (AvgIpc) is 2.13. The molecule has 0 bridgehead atoms. The van der Waals surface area contributed by atoms with Crippen LogP contribution in [0.15, 0.2) is 18.2 Å². The number of amides is 1. The van der Waals surface area contributed by atoms with E-state index in [0.29, 0.717) is 6.07 Å². The number of hydrogen-bond donors (Lipinski definition) is 2. The Balaban J connectivity index is 3.02. The Morgan fingerprint density at radius 3 is 2.24 bits per heavy atom. The second-order valence-corrected chi connectivity index (χ2v) is 3.55. The maximum absolute atomic E-state index is 13.0. The van der Waals surface area contributed by atoms with Crippen LogP contribution in [0.5, 0.6) is 0 Å². The second-order valence-electron chi connectivity index (χ2n) is 3.55. The van der Waals surface area contributed by atoms with Crippen molar-refractivity contribution < 1.29 is 23.5 Å². The van der Waals surface area contributed by atoms with Crippen molar-refractivity contribution in [2.24, 2.45) is 0 Å². The molecule has 0 saturated heterocycles. The van der Waals surface area contributed by atoms with Crippen molar-refractivity contribution in [1.82, 2.24) is 5.32 Å². The van der Waals surface area contributed by atoms with Gasteiger partial charge in [-0.25, -0.2) is 8.78 Å². The highest BCUT2D eigenvalue weighted by Crippen LogP contribution is 2.19. The van der Waals surface area contributed by atoms with Crippen molar-refractivity contribution in [1.29, 1.82) is 0 Å². The summed E-state index contributed by atoms with van der Waals surface area (Å²) in [4.78, 5) is 21.5. The second kappa shape index (κ2) is 5.38. The van der Waals surface area contributed by atoms with Crippen LogP contribution in [0, 0.1) is 11.6 Å². The number of rotatable bonds is 4. The van der Waals surface area contributed by atoms with Crippen LogP contribution in [-0.4, -0.2) is 17.0 Å². The van der Waals surface area contributed by atoms with Crippen LogP contribution in [0.2, 0.25) is 0 Å². The van der Waals surface area contributed by atoms with E-state index >= 15 is 0 Å². The highest BCUT2D eigenvalue weighted by atomic mass is 19.1. The predicted octanol–water partition coefficient (Wildman–Crippen LogP) is 1.62. The van der Waals surface area contributed by atoms with Crippen LogP contribution >= 0.6 is 0 Å². The molecule has 0 saturated carbocycles. The first-order valence-corrected chi connectivity index (χ1v) is 4.83. The van der Waals surface area contributed by atoms with Gasteiger partial charge < -0.3 is 10.4 Å². The van der Waals surface area contributed by atoms with Crippen LogP contribution in [-0.2, 0) is 9.59 Å². The third-order valence-electron chi connectivity index (χ3n) is 2.04. The molecule has 1 rings (SSSR count). The lowest BCUT2D eigenvalue weighted by molar-refractivity contribution is -0.137. The largest absolute Gasteiger partial charge is 0.481 e. The van der Waals surface area contributed by atoms with Gasteiger partial charge in [-0.1, -0.05) is 0 Å². The van der Waals surface area contributed by atoms with Gasteiger partial charge in [0.2, 0.25) is 5.91 Å². The first-order chi connectivity index (χ1) is 7.88. The molecule has 2 N–H and O–H groups in total. The zero-order chi connectivity index (χ0) is 13.0. The number of carbonyl (C=O) groups is 2. The normalized spacial score (nSPS) is 11.9. The van der Waals surface area contributed by atoms with Crippen molar-refractivity contribution in [2.45, 2.75) is 19.4 Å². The molecule has 4 nitrogen and oxygen atoms in total. The summed E-state index contributed by atoms with van der Waals surface area (Å²) in [5.74, 6) is -3.28. The van der Waals surface area contributed by atoms with E-state index in [1.165, 1.54) is 6.92 Å². The van der Waals surface area contributed by atoms with Gasteiger partial charge in [-0.3, -0.25) is 9.59 Å². The maximum Gasteiger partial charge on any atom is 0.305 e. The molecule has 1 atom stereocenters. The van der Waals surface area contributed by atoms with E-state index in [4.69, 9.17) is 5.11 Å². The van der Waals surface area contributed by atoms with Crippen LogP contribution in [0.1, 0.15) is 24.9 Å². The molecule has 0 aliphatic heterocycles. The number of carboxylic acid groups (broad SMARTS) is 1. The van der Waals surface area contributed by atoms with Crippen molar-refractivity contribution in [2.75, 3.05) is 0 Å². The van der Waals surface area contributed by atoms with Gasteiger partial charge >= 0.3 is 5.97 Å². The molecular formula is C11H11F2NO3. The van der Waals surface area contributed by atoms with Crippen molar-refractivity contribution in [3.05, 3.63) is 35.4 Å². The summed E-state index contributed by atoms with van der Waals surface area (Å²) in [6.45, 7) is 1.20. The Bertz CT molecular complexity index is 412. The quantitative estimate of drug-likeness (QED) is 0.844. The fourth-order valence-corrected chi connectivity index (χ4v) is 1.45. The lowest BCUT2D eigenvalue weighted by Gasteiger charge is -2.16. The van der Waals surface area contributed by atoms with Gasteiger partial charge in [0.1, 0.15) is 11.6 Å². The monoisotopic (exact) mass is 243 g/mol. The van der Waals surface area contributed by atoms with Gasteiger partial charge in [0.25, 0.3) is 0 Å². The van der Waals surface area contributed by atoms with Crippen LogP contribution in [0.3, 0.4) is 0 Å². The molecule has 0 heterocycles. The number of benzene rings is 1. The van der Waals surface area contributed by atoms with Gasteiger partial charge in [-0.05, 0) is 17.7 Å². The topological polar surface area (TPSA) is 66.4 Å². The predicted molar refractivity (Wildman–Crippen MR) is 55.2 cm³/mol. The van der Waals surface area contributed by atoms with E-state index in [1.807, 2.05) is 0 Å². The molecule has 1 amide bonds. The Labute approximate surface area is 96.3 Å². The minimum absolute atomic E-state index is 0.0834. The van der Waals surface area contributed by atoms with Gasteiger partial charge in [0, 0.05) is 13.0 Å². The molecule has 6 heteroatoms. The first-order valence-electron chi connectivity index (χ1n) is 4.83. The molecule has 17 heavy (non-hydrogen) atoms. The van der Waals surface area contributed by atoms with E-state index in [9.17, 15) is 18.4 Å². The third kappa shape index (κ3) is 4.18. The standard InChI is InChI=1S/C11H11F2NO3/c1-6(15)14-10(5-11(16)17)7-2-8(12)4-9(13)3-7/h2-4,10H,5H2,1H3,(H,14,15)(H,16,17). The molecule has 0 spiro atoms. The Hall–Kier alpha value is -1.98. The van der Waals surface area contributed by atoms with Crippen molar-refractivity contribution in [3.63, 3.8) is 0 Å². The summed E-state index contributed by atoms with van der Waals surface area (Å²) in [7, 11) is 0. The minimum Gasteiger partial charge on any atom is -0.481 e. The van der Waals surface area contributed by atoms with Gasteiger partial charge in [0.05, 0.1) is 12.5 Å². The molecule has 0 aromatic heterocycles. The zero-order valence-corrected chi connectivity index (χ0v) is 9.04. The lowest BCUT2D eigenvalue weighted by Crippen LogP contribution is -2.28. The fourth-order valence-electron chi connectivity index (χ4n) is 1.45. The molecule has 0 fully saturated rings. The SMILES string of the molecule is CC(=O)NC(CC(=O)O)c1cc(F)cc(F)c1. The molecule has 1 unspecified atom stereocenters. The molecule has 1 aromatic rings. The Morgan fingerprint density at radius 2 is 1.82 bits per heavy atom. The fraction of sp³-hybridized carbons (Fsp3) is 0.273. The maximum atomic E-state index is 13.0. The molecule has 0 aliphatic carbocycles. The molecule has 92 valence electrons. The Morgan fingerprint density at radius 1 is 1.29 bits per heavy atom. The number of aliphatic carboxylic acids is 1. The highest BCUT2D eigenvalue weighted by Gasteiger charge is 2.18. The number of hydrogen-bond acceptors (Lipinski definition) is 2. The van der Waals surface area contributed by atoms with Crippen molar-refractivity contribution in [3.8, 4) is 0 Å². The van der Waals surface area contributed by atoms with Crippen LogP contribution in [0.4, 0.5) is 8.78 Å². The van der Waals surface area contributed by atoms with Crippen molar-refractivity contribution >= 4 is 11.9 Å². The summed E-state index contributed by atoms with van der Waals surface area (Å²) >= 11 is 0. The van der Waals surface area contributed by atoms with Gasteiger partial charge in [0.15, 0.2) is 0 Å². The minimum atomic E-state index is -1.17. The van der Waals surface area contributed by atoms with E-state index in [0.717, 1.165) is 12.1 Å². The number of carbonyl (C=O) groups excluding carboxylic acids is 1.